The van der Waals surface area contributed by atoms with Crippen molar-refractivity contribution in [2.24, 2.45) is 5.92 Å². The molecule has 3 heteroatoms. The topological polar surface area (TPSA) is 6.48 Å². The van der Waals surface area contributed by atoms with Gasteiger partial charge in [0.05, 0.1) is 0 Å². The van der Waals surface area contributed by atoms with E-state index >= 15 is 0 Å². The van der Waals surface area contributed by atoms with E-state index in [-0.39, 0.29) is 28.4 Å². The molecule has 0 aromatic heterocycles. The average Bonchev–Trinajstić information content (AvgIpc) is 3.19. The van der Waals surface area contributed by atoms with Crippen molar-refractivity contribution in [1.82, 2.24) is 0 Å². The first-order valence-corrected chi connectivity index (χ1v) is 22.2. The third kappa shape index (κ3) is 5.72. The van der Waals surface area contributed by atoms with Gasteiger partial charge < -0.3 is 9.80 Å². The molecule has 292 valence electrons. The second kappa shape index (κ2) is 12.4. The van der Waals surface area contributed by atoms with Gasteiger partial charge in [-0.1, -0.05) is 118 Å². The van der Waals surface area contributed by atoms with Gasteiger partial charge in [0.15, 0.2) is 0 Å². The van der Waals surface area contributed by atoms with Crippen LogP contribution in [-0.4, -0.2) is 6.71 Å². The first kappa shape index (κ1) is 37.1. The molecule has 2 heterocycles. The van der Waals surface area contributed by atoms with E-state index in [4.69, 9.17) is 0 Å². The second-order valence-corrected chi connectivity index (χ2v) is 22.2. The van der Waals surface area contributed by atoms with Gasteiger partial charge in [-0.25, -0.2) is 0 Å². The van der Waals surface area contributed by atoms with Gasteiger partial charge >= 0.3 is 0 Å². The van der Waals surface area contributed by atoms with Crippen LogP contribution in [0.4, 0.5) is 34.1 Å². The molecule has 2 bridgehead atoms. The van der Waals surface area contributed by atoms with Crippen LogP contribution in [0.2, 0.25) is 0 Å². The summed E-state index contributed by atoms with van der Waals surface area (Å²) in [4.78, 5) is 5.23. The Balaban J connectivity index is 1.25. The predicted octanol–water partition coefficient (Wildman–Crippen LogP) is 12.9. The van der Waals surface area contributed by atoms with E-state index < -0.39 is 0 Å². The summed E-state index contributed by atoms with van der Waals surface area (Å²) in [6.45, 7) is 24.0. The molecule has 2 aliphatic heterocycles. The SMILES string of the molecule is CC(C)(C)c1ccc(N2c3ccc(C(C)(C)C)cc3B3c4cc(C56CCC(CC5)CC6)ccc4N(c4ccc5c(c4)C(C)(C)CCC5(C)C)c4cccc2c43)cc1. The van der Waals surface area contributed by atoms with Gasteiger partial charge in [0.25, 0.3) is 6.71 Å². The summed E-state index contributed by atoms with van der Waals surface area (Å²) >= 11 is 0. The maximum atomic E-state index is 2.71. The molecule has 0 spiro atoms. The largest absolute Gasteiger partial charge is 0.311 e. The van der Waals surface area contributed by atoms with Gasteiger partial charge in [-0.2, -0.15) is 0 Å². The maximum absolute atomic E-state index is 2.71. The molecule has 0 amide bonds. The number of anilines is 6. The first-order chi connectivity index (χ1) is 27.0. The number of fused-ring (bicyclic) bond motifs is 8. The molecule has 5 aromatic carbocycles. The van der Waals surface area contributed by atoms with E-state index in [0.717, 1.165) is 5.92 Å². The Morgan fingerprint density at radius 3 is 1.65 bits per heavy atom. The first-order valence-electron chi connectivity index (χ1n) is 22.2. The zero-order chi connectivity index (χ0) is 39.9. The van der Waals surface area contributed by atoms with Crippen molar-refractivity contribution in [2.75, 3.05) is 9.80 Å². The summed E-state index contributed by atoms with van der Waals surface area (Å²) < 4.78 is 0. The van der Waals surface area contributed by atoms with E-state index in [9.17, 15) is 0 Å². The molecule has 2 nitrogen and oxygen atoms in total. The summed E-state index contributed by atoms with van der Waals surface area (Å²) in [5.74, 6) is 0.942. The summed E-state index contributed by atoms with van der Waals surface area (Å²) in [6.07, 6.45) is 10.6. The minimum atomic E-state index is 0.0306. The Morgan fingerprint density at radius 2 is 1.04 bits per heavy atom. The van der Waals surface area contributed by atoms with Crippen LogP contribution in [-0.2, 0) is 27.1 Å². The lowest BCUT2D eigenvalue weighted by atomic mass is 9.33. The molecule has 57 heavy (non-hydrogen) atoms. The predicted molar refractivity (Wildman–Crippen MR) is 246 cm³/mol. The Bertz CT molecular complexity index is 2400. The van der Waals surface area contributed by atoms with Crippen molar-refractivity contribution in [3.63, 3.8) is 0 Å². The number of nitrogens with zero attached hydrogens (tertiary/aromatic N) is 2. The van der Waals surface area contributed by atoms with Crippen molar-refractivity contribution in [3.05, 3.63) is 125 Å². The zero-order valence-electron chi connectivity index (χ0n) is 36.4. The Morgan fingerprint density at radius 1 is 0.509 bits per heavy atom. The molecule has 0 unspecified atom stereocenters. The Labute approximate surface area is 344 Å². The van der Waals surface area contributed by atoms with Crippen molar-refractivity contribution in [3.8, 4) is 0 Å². The normalized spacial score (nSPS) is 22.8. The van der Waals surface area contributed by atoms with Gasteiger partial charge in [0, 0.05) is 34.1 Å². The molecule has 3 saturated carbocycles. The fourth-order valence-electron chi connectivity index (χ4n) is 11.8. The molecule has 0 N–H and O–H groups in total. The highest BCUT2D eigenvalue weighted by atomic mass is 15.2. The quantitative estimate of drug-likeness (QED) is 0.166. The standard InChI is InChI=1S/C54H63BN2/c1-50(2,3)36-14-18-39(19-15-36)56-45-22-16-37(51(4,5)6)32-43(45)55-44-33-38(54-27-24-35(25-28-54)26-29-54)17-23-46(44)57(48-13-11-12-47(56)49(48)55)40-20-21-41-42(34-40)53(9,10)31-30-52(41,7)8/h11-23,32-35H,24-31H2,1-10H3. The minimum Gasteiger partial charge on any atom is -0.311 e. The van der Waals surface area contributed by atoms with Gasteiger partial charge in [0.1, 0.15) is 0 Å². The highest BCUT2D eigenvalue weighted by molar-refractivity contribution is 7.00. The zero-order valence-corrected chi connectivity index (χ0v) is 36.4. The molecule has 0 atom stereocenters. The van der Waals surface area contributed by atoms with Gasteiger partial charge in [-0.05, 0) is 177 Å². The maximum Gasteiger partial charge on any atom is 0.252 e. The van der Waals surface area contributed by atoms with Crippen LogP contribution in [0.3, 0.4) is 0 Å². The number of hydrogen-bond acceptors (Lipinski definition) is 2. The van der Waals surface area contributed by atoms with E-state index in [0.29, 0.717) is 5.41 Å². The molecule has 4 aliphatic carbocycles. The van der Waals surface area contributed by atoms with E-state index in [1.54, 1.807) is 5.56 Å². The van der Waals surface area contributed by atoms with Gasteiger partial charge in [-0.3, -0.25) is 0 Å². The van der Waals surface area contributed by atoms with E-state index in [2.05, 4.69) is 176 Å². The second-order valence-electron chi connectivity index (χ2n) is 22.2. The lowest BCUT2D eigenvalue weighted by Gasteiger charge is -2.48. The van der Waals surface area contributed by atoms with Crippen LogP contribution >= 0.6 is 0 Å². The molecule has 11 rings (SSSR count). The fourth-order valence-corrected chi connectivity index (χ4v) is 11.8. The monoisotopic (exact) mass is 751 g/mol. The lowest BCUT2D eigenvalue weighted by molar-refractivity contribution is 0.136. The third-order valence-corrected chi connectivity index (χ3v) is 15.6. The average molecular weight is 751 g/mol. The fraction of sp³-hybridized carbons (Fsp3) is 0.444. The lowest BCUT2D eigenvalue weighted by Crippen LogP contribution is -2.61. The molecule has 0 saturated heterocycles. The molecule has 0 radical (unpaired) electrons. The van der Waals surface area contributed by atoms with Crippen LogP contribution in [0.25, 0.3) is 0 Å². The smallest absolute Gasteiger partial charge is 0.252 e. The van der Waals surface area contributed by atoms with Gasteiger partial charge in [-0.15, -0.1) is 0 Å². The van der Waals surface area contributed by atoms with Crippen LogP contribution in [0.1, 0.15) is 148 Å². The van der Waals surface area contributed by atoms with Gasteiger partial charge in [0.2, 0.25) is 0 Å². The summed E-state index contributed by atoms with van der Waals surface area (Å²) in [5.41, 5.74) is 20.2. The van der Waals surface area contributed by atoms with Crippen LogP contribution in [0.15, 0.2) is 97.1 Å². The van der Waals surface area contributed by atoms with E-state index in [1.165, 1.54) is 124 Å². The molecular formula is C54H63BN2. The highest BCUT2D eigenvalue weighted by Gasteiger charge is 2.47. The Hall–Kier alpha value is -4.24. The van der Waals surface area contributed by atoms with Crippen molar-refractivity contribution < 1.29 is 0 Å². The van der Waals surface area contributed by atoms with Crippen molar-refractivity contribution >= 4 is 57.2 Å². The summed E-state index contributed by atoms with van der Waals surface area (Å²) in [6, 6.07) is 39.3. The minimum absolute atomic E-state index is 0.0306. The van der Waals surface area contributed by atoms with Crippen LogP contribution in [0, 0.1) is 5.92 Å². The summed E-state index contributed by atoms with van der Waals surface area (Å²) in [5, 5.41) is 0. The number of benzene rings is 5. The molecule has 3 fully saturated rings. The highest BCUT2D eigenvalue weighted by Crippen LogP contribution is 2.53. The molecular weight excluding hydrogens is 687 g/mol. The Kier molecular flexibility index (Phi) is 8.06. The molecule has 6 aliphatic rings. The third-order valence-electron chi connectivity index (χ3n) is 15.6. The van der Waals surface area contributed by atoms with Crippen LogP contribution < -0.4 is 26.2 Å². The number of rotatable bonds is 3. The van der Waals surface area contributed by atoms with Crippen molar-refractivity contribution in [1.29, 1.82) is 0 Å². The van der Waals surface area contributed by atoms with E-state index in [1.807, 2.05) is 0 Å². The molecule has 5 aromatic rings. The number of hydrogen-bond donors (Lipinski definition) is 0. The summed E-state index contributed by atoms with van der Waals surface area (Å²) in [7, 11) is 0. The van der Waals surface area contributed by atoms with Crippen LogP contribution in [0.5, 0.6) is 0 Å². The van der Waals surface area contributed by atoms with Crippen molar-refractivity contribution in [2.45, 2.75) is 148 Å².